The highest BCUT2D eigenvalue weighted by Gasteiger charge is 2.27. The summed E-state index contributed by atoms with van der Waals surface area (Å²) in [5, 5.41) is 0.973. The molecule has 0 saturated carbocycles. The predicted molar refractivity (Wildman–Crippen MR) is 186 cm³/mol. The second kappa shape index (κ2) is 11.5. The van der Waals surface area contributed by atoms with Crippen molar-refractivity contribution in [1.29, 1.82) is 0 Å². The highest BCUT2D eigenvalue weighted by atomic mass is 32.2. The molecule has 2 heterocycles. The van der Waals surface area contributed by atoms with Gasteiger partial charge in [-0.15, -0.1) is 0 Å². The molecule has 0 radical (unpaired) electrons. The Hall–Kier alpha value is -5.92. The highest BCUT2D eigenvalue weighted by molar-refractivity contribution is 7.91. The van der Waals surface area contributed by atoms with E-state index in [1.54, 1.807) is 49.6 Å². The molecule has 0 spiro atoms. The van der Waals surface area contributed by atoms with Crippen LogP contribution >= 0.6 is 0 Å². The minimum Gasteiger partial charge on any atom is -0.497 e. The molecule has 0 fully saturated rings. The molecule has 0 N–H and O–H groups in total. The molecule has 7 aromatic rings. The van der Waals surface area contributed by atoms with Gasteiger partial charge in [-0.05, 0) is 83.9 Å². The number of anilines is 3. The first-order valence-corrected chi connectivity index (χ1v) is 16.6. The number of sulfone groups is 1. The number of ether oxygens (including phenoxy) is 2. The Balaban J connectivity index is 1.34. The summed E-state index contributed by atoms with van der Waals surface area (Å²) in [6, 6.07) is 47.6. The average Bonchev–Trinajstić information content (AvgIpc) is 3.13. The minimum absolute atomic E-state index is 0.228. The predicted octanol–water partition coefficient (Wildman–Crippen LogP) is 9.99. The van der Waals surface area contributed by atoms with Crippen molar-refractivity contribution in [1.82, 2.24) is 4.98 Å². The van der Waals surface area contributed by atoms with Crippen LogP contribution in [0.3, 0.4) is 0 Å². The van der Waals surface area contributed by atoms with Gasteiger partial charge in [0.25, 0.3) is 0 Å². The van der Waals surface area contributed by atoms with Crippen LogP contribution in [0.15, 0.2) is 161 Å². The molecular formula is C40H28N2O4S. The quantitative estimate of drug-likeness (QED) is 0.182. The first kappa shape index (κ1) is 28.5. The van der Waals surface area contributed by atoms with Crippen molar-refractivity contribution in [3.8, 4) is 39.6 Å². The first-order chi connectivity index (χ1) is 23.0. The fourth-order valence-electron chi connectivity index (χ4n) is 6.08. The maximum Gasteiger partial charge on any atom is 0.206 e. The van der Waals surface area contributed by atoms with Crippen LogP contribution in [0.4, 0.5) is 17.1 Å². The zero-order valence-electron chi connectivity index (χ0n) is 25.4. The third kappa shape index (κ3) is 4.98. The van der Waals surface area contributed by atoms with Crippen molar-refractivity contribution in [2.45, 2.75) is 9.79 Å². The van der Waals surface area contributed by atoms with Gasteiger partial charge in [-0.1, -0.05) is 78.9 Å². The summed E-state index contributed by atoms with van der Waals surface area (Å²) in [6.45, 7) is 0. The second-order valence-electron chi connectivity index (χ2n) is 11.2. The molecule has 0 atom stereocenters. The van der Waals surface area contributed by atoms with Crippen LogP contribution in [-0.4, -0.2) is 20.5 Å². The molecule has 1 aliphatic heterocycles. The lowest BCUT2D eigenvalue weighted by Crippen LogP contribution is -2.16. The van der Waals surface area contributed by atoms with E-state index < -0.39 is 9.84 Å². The number of methoxy groups -OCH3 is 1. The third-order valence-corrected chi connectivity index (χ3v) is 10.2. The average molecular weight is 633 g/mol. The van der Waals surface area contributed by atoms with E-state index in [0.29, 0.717) is 5.69 Å². The summed E-state index contributed by atoms with van der Waals surface area (Å²) in [5.74, 6) is 2.28. The Morgan fingerprint density at radius 1 is 0.596 bits per heavy atom. The number of hydrogen-bond donors (Lipinski definition) is 0. The second-order valence-corrected chi connectivity index (χ2v) is 13.1. The van der Waals surface area contributed by atoms with Gasteiger partial charge in [0.2, 0.25) is 9.84 Å². The highest BCUT2D eigenvalue weighted by Crippen LogP contribution is 2.51. The molecule has 0 bridgehead atoms. The number of pyridine rings is 1. The zero-order chi connectivity index (χ0) is 32.0. The monoisotopic (exact) mass is 632 g/mol. The van der Waals surface area contributed by atoms with E-state index in [4.69, 9.17) is 14.5 Å². The Morgan fingerprint density at radius 3 is 1.83 bits per heavy atom. The van der Waals surface area contributed by atoms with Crippen LogP contribution in [0.1, 0.15) is 0 Å². The van der Waals surface area contributed by atoms with Crippen LogP contribution in [-0.2, 0) is 9.84 Å². The maximum absolute atomic E-state index is 13.3. The Labute approximate surface area is 273 Å². The summed E-state index contributed by atoms with van der Waals surface area (Å²) < 4.78 is 38.4. The van der Waals surface area contributed by atoms with Crippen molar-refractivity contribution in [3.63, 3.8) is 0 Å². The molecule has 0 saturated heterocycles. The van der Waals surface area contributed by atoms with Gasteiger partial charge in [0, 0.05) is 10.9 Å². The Kier molecular flexibility index (Phi) is 6.96. The van der Waals surface area contributed by atoms with E-state index in [1.807, 2.05) is 84.9 Å². The topological polar surface area (TPSA) is 68.7 Å². The molecule has 6 nitrogen and oxygen atoms in total. The molecule has 0 unspecified atom stereocenters. The van der Waals surface area contributed by atoms with Gasteiger partial charge >= 0.3 is 0 Å². The molecule has 1 aliphatic rings. The lowest BCUT2D eigenvalue weighted by molar-refractivity contribution is 0.415. The van der Waals surface area contributed by atoms with Gasteiger partial charge < -0.3 is 14.4 Å². The SMILES string of the molecule is COc1ccc(-c2cc(-c3ccc(S(=O)(=O)c4ccccc4)cc3)nc3c(N4c5ccccc5Oc5ccccc54)cccc23)cc1. The zero-order valence-corrected chi connectivity index (χ0v) is 26.2. The van der Waals surface area contributed by atoms with E-state index >= 15 is 0 Å². The standard InChI is InChI=1S/C40H28N2O4S/c1-45-29-22-18-27(19-23-29)33-26-34(28-20-24-31(25-21-28)47(43,44)30-10-3-2-4-11-30)41-40-32(33)12-9-15-37(40)42-35-13-5-7-16-38(35)46-39-17-8-6-14-36(39)42/h2-26H,1H3. The van der Waals surface area contributed by atoms with Crippen molar-refractivity contribution in [2.24, 2.45) is 0 Å². The molecule has 6 aromatic carbocycles. The number of rotatable bonds is 6. The van der Waals surface area contributed by atoms with Crippen molar-refractivity contribution >= 4 is 37.8 Å². The largest absolute Gasteiger partial charge is 0.497 e. The van der Waals surface area contributed by atoms with Gasteiger partial charge in [-0.2, -0.15) is 0 Å². The lowest BCUT2D eigenvalue weighted by atomic mass is 9.97. The fourth-order valence-corrected chi connectivity index (χ4v) is 7.36. The molecule has 1 aromatic heterocycles. The number of hydrogen-bond acceptors (Lipinski definition) is 6. The Morgan fingerprint density at radius 2 is 1.17 bits per heavy atom. The van der Waals surface area contributed by atoms with E-state index in [1.165, 1.54) is 0 Å². The summed E-state index contributed by atoms with van der Waals surface area (Å²) in [4.78, 5) is 7.96. The number of aromatic nitrogens is 1. The van der Waals surface area contributed by atoms with Gasteiger partial charge in [-0.25, -0.2) is 13.4 Å². The molecule has 0 aliphatic carbocycles. The third-order valence-electron chi connectivity index (χ3n) is 8.41. The fraction of sp³-hybridized carbons (Fsp3) is 0.0250. The number of nitrogens with zero attached hydrogens (tertiary/aromatic N) is 2. The van der Waals surface area contributed by atoms with Crippen LogP contribution < -0.4 is 14.4 Å². The minimum atomic E-state index is -3.66. The molecule has 8 rings (SSSR count). The molecular weight excluding hydrogens is 605 g/mol. The van der Waals surface area contributed by atoms with Crippen LogP contribution in [0.25, 0.3) is 33.3 Å². The van der Waals surface area contributed by atoms with E-state index in [0.717, 1.165) is 61.9 Å². The number of benzene rings is 6. The van der Waals surface area contributed by atoms with Crippen LogP contribution in [0, 0.1) is 0 Å². The molecule has 7 heteroatoms. The maximum atomic E-state index is 13.3. The normalized spacial score (nSPS) is 12.2. The number of para-hydroxylation sites is 5. The van der Waals surface area contributed by atoms with Crippen LogP contribution in [0.2, 0.25) is 0 Å². The van der Waals surface area contributed by atoms with Gasteiger partial charge in [0.05, 0.1) is 45.2 Å². The van der Waals surface area contributed by atoms with Gasteiger partial charge in [0.1, 0.15) is 5.75 Å². The number of fused-ring (bicyclic) bond motifs is 3. The Bertz CT molecular complexity index is 2330. The molecule has 47 heavy (non-hydrogen) atoms. The van der Waals surface area contributed by atoms with E-state index in [9.17, 15) is 8.42 Å². The molecule has 228 valence electrons. The van der Waals surface area contributed by atoms with E-state index in [2.05, 4.69) is 29.2 Å². The summed E-state index contributed by atoms with van der Waals surface area (Å²) in [6.07, 6.45) is 0. The van der Waals surface area contributed by atoms with Crippen molar-refractivity contribution < 1.29 is 17.9 Å². The summed E-state index contributed by atoms with van der Waals surface area (Å²) in [5.41, 5.74) is 7.02. The summed E-state index contributed by atoms with van der Waals surface area (Å²) in [7, 11) is -2.01. The first-order valence-electron chi connectivity index (χ1n) is 15.2. The van der Waals surface area contributed by atoms with Crippen molar-refractivity contribution in [2.75, 3.05) is 12.0 Å². The van der Waals surface area contributed by atoms with E-state index in [-0.39, 0.29) is 9.79 Å². The lowest BCUT2D eigenvalue weighted by Gasteiger charge is -2.33. The van der Waals surface area contributed by atoms with Gasteiger partial charge in [-0.3, -0.25) is 0 Å². The smallest absolute Gasteiger partial charge is 0.206 e. The van der Waals surface area contributed by atoms with Gasteiger partial charge in [0.15, 0.2) is 11.5 Å². The molecule has 0 amide bonds. The van der Waals surface area contributed by atoms with Crippen molar-refractivity contribution in [3.05, 3.63) is 152 Å². The summed E-state index contributed by atoms with van der Waals surface area (Å²) >= 11 is 0. The van der Waals surface area contributed by atoms with Crippen LogP contribution in [0.5, 0.6) is 17.2 Å².